The third-order valence-corrected chi connectivity index (χ3v) is 3.98. The number of hydrogen-bond acceptors (Lipinski definition) is 2. The van der Waals surface area contributed by atoms with Crippen LogP contribution in [-0.2, 0) is 0 Å². The number of rotatable bonds is 2. The first-order chi connectivity index (χ1) is 8.02. The van der Waals surface area contributed by atoms with Gasteiger partial charge < -0.3 is 4.90 Å². The minimum Gasteiger partial charge on any atom is -0.370 e. The first kappa shape index (κ1) is 12.6. The lowest BCUT2D eigenvalue weighted by atomic mass is 9.84. The predicted molar refractivity (Wildman–Crippen MR) is 74.8 cm³/mol. The number of piperidine rings is 1. The van der Waals surface area contributed by atoms with Crippen LogP contribution in [0.25, 0.3) is 0 Å². The highest BCUT2D eigenvalue weighted by Gasteiger charge is 2.27. The molecule has 1 aromatic carbocycles. The Morgan fingerprint density at radius 2 is 2.18 bits per heavy atom. The van der Waals surface area contributed by atoms with E-state index in [0.717, 1.165) is 29.4 Å². The van der Waals surface area contributed by atoms with Crippen LogP contribution in [0, 0.1) is 5.41 Å². The minimum absolute atomic E-state index is 0.376. The summed E-state index contributed by atoms with van der Waals surface area (Å²) in [6.45, 7) is 6.80. The highest BCUT2D eigenvalue weighted by molar-refractivity contribution is 9.10. The van der Waals surface area contributed by atoms with E-state index in [1.807, 2.05) is 18.2 Å². The Morgan fingerprint density at radius 3 is 2.76 bits per heavy atom. The molecule has 2 rings (SSSR count). The molecular weight excluding hydrogens is 278 g/mol. The number of carbonyl (C=O) groups excluding carboxylic acids is 1. The van der Waals surface area contributed by atoms with Crippen LogP contribution in [-0.4, -0.2) is 19.4 Å². The molecular formula is C14H18BrNO. The van der Waals surface area contributed by atoms with E-state index in [1.54, 1.807) is 0 Å². The standard InChI is InChI=1S/C14H18BrNO/c1-14(2)6-3-7-16(10-14)13-5-4-11(9-17)8-12(13)15/h4-5,8-9H,3,6-7,10H2,1-2H3. The van der Waals surface area contributed by atoms with Gasteiger partial charge in [0.15, 0.2) is 0 Å². The van der Waals surface area contributed by atoms with Crippen LogP contribution in [0.2, 0.25) is 0 Å². The summed E-state index contributed by atoms with van der Waals surface area (Å²) in [5, 5.41) is 0. The van der Waals surface area contributed by atoms with Gasteiger partial charge in [-0.25, -0.2) is 0 Å². The summed E-state index contributed by atoms with van der Waals surface area (Å²) in [5.41, 5.74) is 2.29. The zero-order valence-corrected chi connectivity index (χ0v) is 12.0. The lowest BCUT2D eigenvalue weighted by Gasteiger charge is -2.39. The molecule has 0 N–H and O–H groups in total. The van der Waals surface area contributed by atoms with Crippen LogP contribution in [0.15, 0.2) is 22.7 Å². The maximum absolute atomic E-state index is 10.7. The van der Waals surface area contributed by atoms with Gasteiger partial charge in [-0.05, 0) is 52.4 Å². The van der Waals surface area contributed by atoms with Crippen molar-refractivity contribution in [2.45, 2.75) is 26.7 Å². The van der Waals surface area contributed by atoms with Gasteiger partial charge in [0.25, 0.3) is 0 Å². The van der Waals surface area contributed by atoms with Gasteiger partial charge >= 0.3 is 0 Å². The largest absolute Gasteiger partial charge is 0.370 e. The number of carbonyl (C=O) groups is 1. The molecule has 0 aliphatic carbocycles. The Balaban J connectivity index is 2.25. The van der Waals surface area contributed by atoms with E-state index in [4.69, 9.17) is 0 Å². The Labute approximate surface area is 111 Å². The number of anilines is 1. The van der Waals surface area contributed by atoms with E-state index in [9.17, 15) is 4.79 Å². The summed E-state index contributed by atoms with van der Waals surface area (Å²) >= 11 is 3.56. The van der Waals surface area contributed by atoms with Gasteiger partial charge in [0.1, 0.15) is 6.29 Å². The molecule has 1 aliphatic heterocycles. The summed E-state index contributed by atoms with van der Waals surface area (Å²) in [4.78, 5) is 13.1. The molecule has 1 fully saturated rings. The molecule has 0 bridgehead atoms. The van der Waals surface area contributed by atoms with Crippen molar-refractivity contribution in [3.63, 3.8) is 0 Å². The van der Waals surface area contributed by atoms with E-state index >= 15 is 0 Å². The highest BCUT2D eigenvalue weighted by atomic mass is 79.9. The molecule has 0 atom stereocenters. The van der Waals surface area contributed by atoms with E-state index in [2.05, 4.69) is 34.7 Å². The third-order valence-electron chi connectivity index (χ3n) is 3.35. The number of benzene rings is 1. The van der Waals surface area contributed by atoms with Crippen molar-refractivity contribution in [2.24, 2.45) is 5.41 Å². The summed E-state index contributed by atoms with van der Waals surface area (Å²) in [7, 11) is 0. The second kappa shape index (κ2) is 4.81. The second-order valence-corrected chi connectivity index (χ2v) is 6.37. The molecule has 0 aromatic heterocycles. The SMILES string of the molecule is CC1(C)CCCN(c2ccc(C=O)cc2Br)C1. The van der Waals surface area contributed by atoms with Gasteiger partial charge in [0, 0.05) is 23.1 Å². The fraction of sp³-hybridized carbons (Fsp3) is 0.500. The summed E-state index contributed by atoms with van der Waals surface area (Å²) < 4.78 is 1.01. The Kier molecular flexibility index (Phi) is 3.57. The first-order valence-corrected chi connectivity index (χ1v) is 6.81. The van der Waals surface area contributed by atoms with Gasteiger partial charge in [-0.2, -0.15) is 0 Å². The second-order valence-electron chi connectivity index (χ2n) is 5.52. The molecule has 0 spiro atoms. The molecule has 1 heterocycles. The van der Waals surface area contributed by atoms with Crippen molar-refractivity contribution >= 4 is 27.9 Å². The molecule has 1 aliphatic rings. The van der Waals surface area contributed by atoms with Crippen molar-refractivity contribution in [3.8, 4) is 0 Å². The minimum atomic E-state index is 0.376. The van der Waals surface area contributed by atoms with Crippen LogP contribution in [0.1, 0.15) is 37.0 Å². The topological polar surface area (TPSA) is 20.3 Å². The van der Waals surface area contributed by atoms with Crippen LogP contribution >= 0.6 is 15.9 Å². The summed E-state index contributed by atoms with van der Waals surface area (Å²) in [5.74, 6) is 0. The maximum atomic E-state index is 10.7. The Morgan fingerprint density at radius 1 is 1.41 bits per heavy atom. The van der Waals surface area contributed by atoms with Gasteiger partial charge in [-0.15, -0.1) is 0 Å². The molecule has 1 saturated heterocycles. The number of aldehydes is 1. The van der Waals surface area contributed by atoms with Crippen LogP contribution in [0.3, 0.4) is 0 Å². The summed E-state index contributed by atoms with van der Waals surface area (Å²) in [6.07, 6.45) is 3.40. The molecule has 17 heavy (non-hydrogen) atoms. The van der Waals surface area contributed by atoms with E-state index in [-0.39, 0.29) is 0 Å². The van der Waals surface area contributed by atoms with Crippen LogP contribution in [0.5, 0.6) is 0 Å². The monoisotopic (exact) mass is 295 g/mol. The Bertz CT molecular complexity index is 428. The fourth-order valence-corrected chi connectivity index (χ4v) is 3.13. The molecule has 0 unspecified atom stereocenters. The zero-order valence-electron chi connectivity index (χ0n) is 10.4. The van der Waals surface area contributed by atoms with Gasteiger partial charge in [-0.1, -0.05) is 13.8 Å². The normalized spacial score (nSPS) is 19.1. The molecule has 3 heteroatoms. The molecule has 0 saturated carbocycles. The predicted octanol–water partition coefficient (Wildman–Crippen LogP) is 3.89. The van der Waals surface area contributed by atoms with Crippen LogP contribution in [0.4, 0.5) is 5.69 Å². The molecule has 0 amide bonds. The van der Waals surface area contributed by atoms with E-state index in [0.29, 0.717) is 5.41 Å². The maximum Gasteiger partial charge on any atom is 0.150 e. The van der Waals surface area contributed by atoms with Crippen molar-refractivity contribution in [3.05, 3.63) is 28.2 Å². The molecule has 2 nitrogen and oxygen atoms in total. The molecule has 0 radical (unpaired) electrons. The van der Waals surface area contributed by atoms with Gasteiger partial charge in [0.2, 0.25) is 0 Å². The smallest absolute Gasteiger partial charge is 0.150 e. The van der Waals surface area contributed by atoms with Crippen molar-refractivity contribution < 1.29 is 4.79 Å². The highest BCUT2D eigenvalue weighted by Crippen LogP contribution is 2.35. The Hall–Kier alpha value is -0.830. The van der Waals surface area contributed by atoms with Crippen molar-refractivity contribution in [1.82, 2.24) is 0 Å². The quantitative estimate of drug-likeness (QED) is 0.772. The number of halogens is 1. The average Bonchev–Trinajstić information content (AvgIpc) is 2.27. The van der Waals surface area contributed by atoms with E-state index in [1.165, 1.54) is 18.5 Å². The molecule has 92 valence electrons. The number of hydrogen-bond donors (Lipinski definition) is 0. The third kappa shape index (κ3) is 2.89. The van der Waals surface area contributed by atoms with Crippen LogP contribution < -0.4 is 4.90 Å². The lowest BCUT2D eigenvalue weighted by molar-refractivity contribution is 0.112. The average molecular weight is 296 g/mol. The van der Waals surface area contributed by atoms with E-state index < -0.39 is 0 Å². The fourth-order valence-electron chi connectivity index (χ4n) is 2.48. The zero-order chi connectivity index (χ0) is 12.5. The number of nitrogens with zero attached hydrogens (tertiary/aromatic N) is 1. The van der Waals surface area contributed by atoms with Gasteiger partial charge in [-0.3, -0.25) is 4.79 Å². The van der Waals surface area contributed by atoms with Crippen molar-refractivity contribution in [1.29, 1.82) is 0 Å². The summed E-state index contributed by atoms with van der Waals surface area (Å²) in [6, 6.07) is 5.81. The van der Waals surface area contributed by atoms with Crippen molar-refractivity contribution in [2.75, 3.05) is 18.0 Å². The lowest BCUT2D eigenvalue weighted by Crippen LogP contribution is -2.40. The van der Waals surface area contributed by atoms with Gasteiger partial charge in [0.05, 0.1) is 5.69 Å². The molecule has 1 aromatic rings. The first-order valence-electron chi connectivity index (χ1n) is 6.01.